The van der Waals surface area contributed by atoms with Crippen molar-refractivity contribution in [2.75, 3.05) is 6.54 Å². The van der Waals surface area contributed by atoms with E-state index in [1.54, 1.807) is 11.0 Å². The number of hydrogen-bond donors (Lipinski definition) is 1. The molecule has 0 fully saturated rings. The maximum atomic E-state index is 5.97. The Hall–Kier alpha value is -2.73. The summed E-state index contributed by atoms with van der Waals surface area (Å²) in [5.74, 6) is 1.02. The Kier molecular flexibility index (Phi) is 3.96. The van der Waals surface area contributed by atoms with Gasteiger partial charge in [0.2, 0.25) is 0 Å². The van der Waals surface area contributed by atoms with E-state index >= 15 is 0 Å². The van der Waals surface area contributed by atoms with Gasteiger partial charge >= 0.3 is 0 Å². The quantitative estimate of drug-likeness (QED) is 0.781. The highest BCUT2D eigenvalue weighted by Crippen LogP contribution is 2.28. The van der Waals surface area contributed by atoms with Crippen LogP contribution in [-0.2, 0) is 6.42 Å². The third-order valence-electron chi connectivity index (χ3n) is 4.37. The number of ether oxygens (including phenoxy) is 1. The van der Waals surface area contributed by atoms with Gasteiger partial charge < -0.3 is 10.1 Å². The van der Waals surface area contributed by atoms with Crippen LogP contribution in [0.3, 0.4) is 0 Å². The van der Waals surface area contributed by atoms with Gasteiger partial charge in [-0.1, -0.05) is 30.3 Å². The molecule has 0 aliphatic carbocycles. The van der Waals surface area contributed by atoms with Crippen molar-refractivity contribution in [1.29, 1.82) is 0 Å². The van der Waals surface area contributed by atoms with Crippen LogP contribution < -0.4 is 10.1 Å². The average molecular weight is 321 g/mol. The normalized spacial score (nSPS) is 17.3. The van der Waals surface area contributed by atoms with Crippen LogP contribution in [-0.4, -0.2) is 32.9 Å². The van der Waals surface area contributed by atoms with Gasteiger partial charge in [0.1, 0.15) is 18.2 Å². The monoisotopic (exact) mass is 321 g/mol. The fraction of sp³-hybridized carbons (Fsp3) is 0.278. The SMILES string of the molecule is C[C@H](NC[C@H]1Cc2ccccc2O1)c1ccc(-n2cnnn2)cc1. The highest BCUT2D eigenvalue weighted by Gasteiger charge is 2.22. The lowest BCUT2D eigenvalue weighted by Crippen LogP contribution is -2.31. The summed E-state index contributed by atoms with van der Waals surface area (Å²) in [5.41, 5.74) is 3.47. The minimum Gasteiger partial charge on any atom is -0.488 e. The summed E-state index contributed by atoms with van der Waals surface area (Å²) in [6, 6.07) is 16.7. The average Bonchev–Trinajstić information content (AvgIpc) is 3.29. The molecule has 1 N–H and O–H groups in total. The Balaban J connectivity index is 1.34. The molecule has 2 atom stereocenters. The summed E-state index contributed by atoms with van der Waals surface area (Å²) >= 11 is 0. The first-order chi connectivity index (χ1) is 11.8. The van der Waals surface area contributed by atoms with Crippen LogP contribution in [0, 0.1) is 0 Å². The molecular formula is C18H19N5O. The molecule has 0 spiro atoms. The van der Waals surface area contributed by atoms with Crippen LogP contribution >= 0.6 is 0 Å². The molecule has 6 heteroatoms. The molecule has 0 saturated carbocycles. The Morgan fingerprint density at radius 2 is 2.04 bits per heavy atom. The second-order valence-corrected chi connectivity index (χ2v) is 6.03. The zero-order chi connectivity index (χ0) is 16.4. The van der Waals surface area contributed by atoms with Gasteiger partial charge in [-0.05, 0) is 46.7 Å². The molecule has 3 aromatic rings. The minimum absolute atomic E-state index is 0.199. The van der Waals surface area contributed by atoms with Crippen LogP contribution in [0.1, 0.15) is 24.1 Å². The lowest BCUT2D eigenvalue weighted by Gasteiger charge is -2.18. The van der Waals surface area contributed by atoms with Gasteiger partial charge in [-0.25, -0.2) is 4.68 Å². The predicted molar refractivity (Wildman–Crippen MR) is 90.1 cm³/mol. The molecule has 0 amide bonds. The van der Waals surface area contributed by atoms with E-state index in [2.05, 4.69) is 52.0 Å². The smallest absolute Gasteiger partial charge is 0.143 e. The van der Waals surface area contributed by atoms with Crippen molar-refractivity contribution < 1.29 is 4.74 Å². The lowest BCUT2D eigenvalue weighted by molar-refractivity contribution is 0.222. The lowest BCUT2D eigenvalue weighted by atomic mass is 10.1. The number of rotatable bonds is 5. The summed E-state index contributed by atoms with van der Waals surface area (Å²) in [6.45, 7) is 2.98. The van der Waals surface area contributed by atoms with Gasteiger partial charge in [0.15, 0.2) is 0 Å². The summed E-state index contributed by atoms with van der Waals surface area (Å²) in [4.78, 5) is 0. The molecule has 1 aliphatic rings. The van der Waals surface area contributed by atoms with Gasteiger partial charge in [-0.2, -0.15) is 0 Å². The maximum Gasteiger partial charge on any atom is 0.143 e. The third kappa shape index (κ3) is 3.00. The van der Waals surface area contributed by atoms with E-state index in [4.69, 9.17) is 4.74 Å². The molecule has 24 heavy (non-hydrogen) atoms. The fourth-order valence-corrected chi connectivity index (χ4v) is 2.99. The van der Waals surface area contributed by atoms with Gasteiger partial charge in [-0.3, -0.25) is 0 Å². The van der Waals surface area contributed by atoms with Crippen molar-refractivity contribution in [3.63, 3.8) is 0 Å². The van der Waals surface area contributed by atoms with Gasteiger partial charge in [-0.15, -0.1) is 5.10 Å². The number of nitrogens with one attached hydrogen (secondary N) is 1. The number of benzene rings is 2. The largest absolute Gasteiger partial charge is 0.488 e. The fourth-order valence-electron chi connectivity index (χ4n) is 2.99. The summed E-state index contributed by atoms with van der Waals surface area (Å²) in [5, 5.41) is 14.8. The molecule has 0 saturated heterocycles. The van der Waals surface area contributed by atoms with Crippen LogP contribution in [0.15, 0.2) is 54.9 Å². The number of para-hydroxylation sites is 1. The molecule has 2 aromatic carbocycles. The molecule has 122 valence electrons. The first-order valence-corrected chi connectivity index (χ1v) is 8.11. The third-order valence-corrected chi connectivity index (χ3v) is 4.37. The molecule has 4 rings (SSSR count). The topological polar surface area (TPSA) is 64.9 Å². The van der Waals surface area contributed by atoms with Gasteiger partial charge in [0.25, 0.3) is 0 Å². The summed E-state index contributed by atoms with van der Waals surface area (Å²) in [7, 11) is 0. The van der Waals surface area contributed by atoms with E-state index in [0.717, 1.165) is 24.4 Å². The molecule has 1 aliphatic heterocycles. The van der Waals surface area contributed by atoms with E-state index in [-0.39, 0.29) is 12.1 Å². The van der Waals surface area contributed by atoms with Crippen molar-refractivity contribution in [3.8, 4) is 11.4 Å². The molecule has 0 unspecified atom stereocenters. The Labute approximate surface area is 140 Å². The first kappa shape index (κ1) is 14.8. The second-order valence-electron chi connectivity index (χ2n) is 6.03. The standard InChI is InChI=1S/C18H19N5O/c1-13(14-6-8-16(9-7-14)23-12-20-21-22-23)19-11-17-10-15-4-2-3-5-18(15)24-17/h2-9,12-13,17,19H,10-11H2,1H3/t13-,17+/m0/s1. The van der Waals surface area contributed by atoms with Crippen molar-refractivity contribution in [3.05, 3.63) is 66.0 Å². The van der Waals surface area contributed by atoms with E-state index in [1.807, 2.05) is 24.3 Å². The second kappa shape index (κ2) is 6.41. The molecule has 6 nitrogen and oxygen atoms in total. The Morgan fingerprint density at radius 1 is 1.21 bits per heavy atom. The van der Waals surface area contributed by atoms with Crippen LogP contribution in [0.4, 0.5) is 0 Å². The van der Waals surface area contributed by atoms with E-state index in [0.29, 0.717) is 0 Å². The number of aromatic nitrogens is 4. The molecule has 2 heterocycles. The van der Waals surface area contributed by atoms with Crippen molar-refractivity contribution >= 4 is 0 Å². The molecule has 0 bridgehead atoms. The number of fused-ring (bicyclic) bond motifs is 1. The molecule has 0 radical (unpaired) electrons. The van der Waals surface area contributed by atoms with E-state index in [9.17, 15) is 0 Å². The zero-order valence-electron chi connectivity index (χ0n) is 13.5. The Bertz CT molecular complexity index is 776. The highest BCUT2D eigenvalue weighted by atomic mass is 16.5. The summed E-state index contributed by atoms with van der Waals surface area (Å²) < 4.78 is 7.62. The van der Waals surface area contributed by atoms with Crippen LogP contribution in [0.25, 0.3) is 5.69 Å². The van der Waals surface area contributed by atoms with Crippen LogP contribution in [0.2, 0.25) is 0 Å². The van der Waals surface area contributed by atoms with Crippen molar-refractivity contribution in [2.45, 2.75) is 25.5 Å². The Morgan fingerprint density at radius 3 is 2.79 bits per heavy atom. The van der Waals surface area contributed by atoms with E-state index < -0.39 is 0 Å². The van der Waals surface area contributed by atoms with Gasteiger partial charge in [0.05, 0.1) is 5.69 Å². The number of tetrazole rings is 1. The van der Waals surface area contributed by atoms with Crippen LogP contribution in [0.5, 0.6) is 5.75 Å². The van der Waals surface area contributed by atoms with Crippen molar-refractivity contribution in [2.24, 2.45) is 0 Å². The highest BCUT2D eigenvalue weighted by molar-refractivity contribution is 5.37. The molecular weight excluding hydrogens is 302 g/mol. The summed E-state index contributed by atoms with van der Waals surface area (Å²) in [6.07, 6.45) is 2.75. The zero-order valence-corrected chi connectivity index (χ0v) is 13.5. The number of nitrogens with zero attached hydrogens (tertiary/aromatic N) is 4. The molecule has 1 aromatic heterocycles. The van der Waals surface area contributed by atoms with Gasteiger partial charge in [0, 0.05) is 19.0 Å². The number of hydrogen-bond acceptors (Lipinski definition) is 5. The minimum atomic E-state index is 0.199. The maximum absolute atomic E-state index is 5.97. The first-order valence-electron chi connectivity index (χ1n) is 8.11. The van der Waals surface area contributed by atoms with Crippen molar-refractivity contribution in [1.82, 2.24) is 25.5 Å². The van der Waals surface area contributed by atoms with E-state index in [1.165, 1.54) is 11.1 Å². The predicted octanol–water partition coefficient (Wildman–Crippen LogP) is 2.32.